The molecular weight excluding hydrogens is 321 g/mol. The number of likely N-dealkylation sites (tertiary alicyclic amines) is 1. The third kappa shape index (κ3) is 3.84. The number of halogens is 4. The van der Waals surface area contributed by atoms with Crippen molar-refractivity contribution >= 4 is 29.9 Å². The van der Waals surface area contributed by atoms with Gasteiger partial charge in [-0.2, -0.15) is 0 Å². The van der Waals surface area contributed by atoms with E-state index in [9.17, 15) is 13.6 Å². The highest BCUT2D eigenvalue weighted by molar-refractivity contribution is 6.30. The van der Waals surface area contributed by atoms with Crippen LogP contribution in [0.4, 0.5) is 8.78 Å². The molecule has 1 aromatic rings. The highest BCUT2D eigenvalue weighted by atomic mass is 35.5. The van der Waals surface area contributed by atoms with Crippen molar-refractivity contribution in [3.63, 3.8) is 0 Å². The fraction of sp³-hybridized carbons (Fsp3) is 0.500. The average molecular weight is 339 g/mol. The molecule has 0 aromatic heterocycles. The smallest absolute Gasteiger partial charge is 0.257 e. The first-order chi connectivity index (χ1) is 9.41. The molecule has 1 heterocycles. The second-order valence-electron chi connectivity index (χ2n) is 5.17. The molecule has 1 aliphatic heterocycles. The third-order valence-corrected chi connectivity index (χ3v) is 3.95. The van der Waals surface area contributed by atoms with E-state index in [1.807, 2.05) is 6.92 Å². The lowest BCUT2D eigenvalue weighted by Crippen LogP contribution is -2.51. The molecule has 3 nitrogen and oxygen atoms in total. The van der Waals surface area contributed by atoms with Crippen molar-refractivity contribution < 1.29 is 13.6 Å². The van der Waals surface area contributed by atoms with E-state index >= 15 is 0 Å². The molecule has 0 bridgehead atoms. The minimum absolute atomic E-state index is 0. The Labute approximate surface area is 133 Å². The van der Waals surface area contributed by atoms with Crippen LogP contribution in [-0.4, -0.2) is 29.4 Å². The van der Waals surface area contributed by atoms with Gasteiger partial charge >= 0.3 is 0 Å². The van der Waals surface area contributed by atoms with E-state index in [0.717, 1.165) is 31.4 Å². The van der Waals surface area contributed by atoms with Crippen LogP contribution in [0.1, 0.15) is 36.5 Å². The van der Waals surface area contributed by atoms with E-state index in [2.05, 4.69) is 0 Å². The van der Waals surface area contributed by atoms with Crippen molar-refractivity contribution in [3.8, 4) is 0 Å². The Balaban J connectivity index is 0.00000220. The Kier molecular flexibility index (Phi) is 6.38. The molecule has 1 fully saturated rings. The molecule has 7 heteroatoms. The van der Waals surface area contributed by atoms with E-state index in [4.69, 9.17) is 17.3 Å². The average Bonchev–Trinajstić information content (AvgIpc) is 2.42. The van der Waals surface area contributed by atoms with Crippen molar-refractivity contribution in [2.24, 2.45) is 5.73 Å². The fourth-order valence-corrected chi connectivity index (χ4v) is 2.75. The van der Waals surface area contributed by atoms with Crippen molar-refractivity contribution in [2.45, 2.75) is 38.3 Å². The number of carbonyl (C=O) groups excluding carboxylic acids is 1. The number of amides is 1. The maximum Gasteiger partial charge on any atom is 0.257 e. The molecule has 21 heavy (non-hydrogen) atoms. The van der Waals surface area contributed by atoms with Gasteiger partial charge in [0.2, 0.25) is 0 Å². The Morgan fingerprint density at radius 1 is 1.38 bits per heavy atom. The topological polar surface area (TPSA) is 46.3 Å². The first-order valence-electron chi connectivity index (χ1n) is 6.63. The maximum absolute atomic E-state index is 13.8. The van der Waals surface area contributed by atoms with E-state index in [0.29, 0.717) is 6.54 Å². The summed E-state index contributed by atoms with van der Waals surface area (Å²) in [6, 6.07) is 1.33. The summed E-state index contributed by atoms with van der Waals surface area (Å²) in [6.07, 6.45) is 2.60. The zero-order chi connectivity index (χ0) is 14.9. The van der Waals surface area contributed by atoms with Gasteiger partial charge < -0.3 is 10.6 Å². The van der Waals surface area contributed by atoms with Gasteiger partial charge in [-0.15, -0.1) is 12.4 Å². The molecule has 0 radical (unpaired) electrons. The van der Waals surface area contributed by atoms with Crippen LogP contribution in [0.2, 0.25) is 5.02 Å². The Morgan fingerprint density at radius 2 is 2.05 bits per heavy atom. The number of carbonyl (C=O) groups is 1. The van der Waals surface area contributed by atoms with Crippen molar-refractivity contribution in [2.75, 3.05) is 6.54 Å². The molecule has 118 valence electrons. The number of benzene rings is 1. The Bertz CT molecular complexity index is 526. The standard InChI is InChI=1S/C14H17ClF2N2O.ClH/c1-8(18)13-4-2-3-5-19(13)14(20)9-6-12(17)10(15)7-11(9)16;/h6-8,13H,2-5,18H2,1H3;1H. The van der Waals surface area contributed by atoms with Crippen LogP contribution in [0, 0.1) is 11.6 Å². The molecule has 0 spiro atoms. The molecule has 1 aromatic carbocycles. The quantitative estimate of drug-likeness (QED) is 0.840. The monoisotopic (exact) mass is 338 g/mol. The van der Waals surface area contributed by atoms with Gasteiger partial charge in [0.1, 0.15) is 11.6 Å². The largest absolute Gasteiger partial charge is 0.334 e. The van der Waals surface area contributed by atoms with E-state index in [1.165, 1.54) is 0 Å². The summed E-state index contributed by atoms with van der Waals surface area (Å²) in [7, 11) is 0. The molecule has 1 aliphatic rings. The maximum atomic E-state index is 13.8. The van der Waals surface area contributed by atoms with Gasteiger partial charge in [-0.05, 0) is 38.3 Å². The van der Waals surface area contributed by atoms with Crippen LogP contribution < -0.4 is 5.73 Å². The molecular formula is C14H18Cl2F2N2O. The molecule has 2 rings (SSSR count). The van der Waals surface area contributed by atoms with Crippen LogP contribution in [0.15, 0.2) is 12.1 Å². The summed E-state index contributed by atoms with van der Waals surface area (Å²) < 4.78 is 27.3. The van der Waals surface area contributed by atoms with E-state index in [1.54, 1.807) is 4.90 Å². The molecule has 1 amide bonds. The molecule has 0 saturated carbocycles. The molecule has 2 unspecified atom stereocenters. The van der Waals surface area contributed by atoms with Crippen molar-refractivity contribution in [1.82, 2.24) is 4.90 Å². The first-order valence-corrected chi connectivity index (χ1v) is 7.00. The van der Waals surface area contributed by atoms with Gasteiger partial charge in [-0.25, -0.2) is 8.78 Å². The van der Waals surface area contributed by atoms with Gasteiger partial charge in [0, 0.05) is 18.6 Å². The Hall–Kier alpha value is -0.910. The number of piperidine rings is 1. The zero-order valence-corrected chi connectivity index (χ0v) is 13.2. The third-order valence-electron chi connectivity index (χ3n) is 3.66. The molecule has 2 N–H and O–H groups in total. The van der Waals surface area contributed by atoms with Crippen LogP contribution >= 0.6 is 24.0 Å². The first kappa shape index (κ1) is 18.1. The van der Waals surface area contributed by atoms with E-state index in [-0.39, 0.29) is 35.1 Å². The summed E-state index contributed by atoms with van der Waals surface area (Å²) in [5.41, 5.74) is 5.59. The predicted octanol–water partition coefficient (Wildman–Crippen LogP) is 3.38. The SMILES string of the molecule is CC(N)C1CCCCN1C(=O)c1cc(F)c(Cl)cc1F.Cl. The number of hydrogen-bond acceptors (Lipinski definition) is 2. The normalized spacial score (nSPS) is 19.9. The second-order valence-corrected chi connectivity index (χ2v) is 5.57. The van der Waals surface area contributed by atoms with E-state index < -0.39 is 17.5 Å². The van der Waals surface area contributed by atoms with Gasteiger partial charge in [-0.1, -0.05) is 11.6 Å². The zero-order valence-electron chi connectivity index (χ0n) is 11.6. The van der Waals surface area contributed by atoms with Gasteiger partial charge in [-0.3, -0.25) is 4.79 Å². The summed E-state index contributed by atoms with van der Waals surface area (Å²) in [6.45, 7) is 2.32. The van der Waals surface area contributed by atoms with Gasteiger partial charge in [0.25, 0.3) is 5.91 Å². The number of nitrogens with zero attached hydrogens (tertiary/aromatic N) is 1. The minimum Gasteiger partial charge on any atom is -0.334 e. The van der Waals surface area contributed by atoms with Crippen molar-refractivity contribution in [3.05, 3.63) is 34.4 Å². The predicted molar refractivity (Wildman–Crippen MR) is 80.9 cm³/mol. The summed E-state index contributed by atoms with van der Waals surface area (Å²) >= 11 is 5.50. The second kappa shape index (κ2) is 7.38. The van der Waals surface area contributed by atoms with Gasteiger partial charge in [0.05, 0.1) is 10.6 Å². The number of rotatable bonds is 2. The van der Waals surface area contributed by atoms with Crippen molar-refractivity contribution in [1.29, 1.82) is 0 Å². The minimum atomic E-state index is -0.810. The van der Waals surface area contributed by atoms with Crippen LogP contribution in [0.25, 0.3) is 0 Å². The van der Waals surface area contributed by atoms with Gasteiger partial charge in [0.15, 0.2) is 0 Å². The molecule has 0 aliphatic carbocycles. The molecule has 2 atom stereocenters. The summed E-state index contributed by atoms with van der Waals surface area (Å²) in [5.74, 6) is -2.14. The Morgan fingerprint density at radius 3 is 2.67 bits per heavy atom. The fourth-order valence-electron chi connectivity index (χ4n) is 2.60. The lowest BCUT2D eigenvalue weighted by atomic mass is 9.96. The van der Waals surface area contributed by atoms with Crippen LogP contribution in [0.3, 0.4) is 0 Å². The summed E-state index contributed by atoms with van der Waals surface area (Å²) in [4.78, 5) is 14.0. The molecule has 1 saturated heterocycles. The summed E-state index contributed by atoms with van der Waals surface area (Å²) in [5, 5.41) is -0.332. The number of hydrogen-bond donors (Lipinski definition) is 1. The number of nitrogens with two attached hydrogens (primary N) is 1. The highest BCUT2D eigenvalue weighted by Crippen LogP contribution is 2.25. The lowest BCUT2D eigenvalue weighted by Gasteiger charge is -2.38. The van der Waals surface area contributed by atoms with Crippen LogP contribution in [-0.2, 0) is 0 Å². The highest BCUT2D eigenvalue weighted by Gasteiger charge is 2.31. The lowest BCUT2D eigenvalue weighted by molar-refractivity contribution is 0.0578. The van der Waals surface area contributed by atoms with Crippen LogP contribution in [0.5, 0.6) is 0 Å².